The van der Waals surface area contributed by atoms with Crippen LogP contribution >= 0.6 is 0 Å². The molecule has 1 aromatic rings. The second kappa shape index (κ2) is 5.81. The van der Waals surface area contributed by atoms with Crippen molar-refractivity contribution in [1.82, 2.24) is 0 Å². The first kappa shape index (κ1) is 15.1. The quantitative estimate of drug-likeness (QED) is 0.384. The second-order valence-corrected chi connectivity index (χ2v) is 4.27. The van der Waals surface area contributed by atoms with Gasteiger partial charge in [-0.2, -0.15) is 13.2 Å². The first-order chi connectivity index (χ1) is 8.74. The fourth-order valence-electron chi connectivity index (χ4n) is 1.65. The van der Waals surface area contributed by atoms with Gasteiger partial charge in [0.2, 0.25) is 0 Å². The molecule has 0 aromatic heterocycles. The van der Waals surface area contributed by atoms with E-state index in [0.717, 1.165) is 5.56 Å². The number of nitrogens with two attached hydrogens (primary N) is 1. The average Bonchev–Trinajstić information content (AvgIpc) is 2.34. The standard InChI is InChI=1S/C12H16F3N3O/c1-8-7-9(3-4-10(8)11(16)17-19)18(2)6-5-12(13,14)15/h3-4,7,19H,5-6H2,1-2H3,(H2,16,17). The number of rotatable bonds is 4. The van der Waals surface area contributed by atoms with E-state index in [1.165, 1.54) is 4.90 Å². The highest BCUT2D eigenvalue weighted by atomic mass is 19.4. The van der Waals surface area contributed by atoms with Gasteiger partial charge in [-0.3, -0.25) is 0 Å². The van der Waals surface area contributed by atoms with Gasteiger partial charge in [-0.25, -0.2) is 0 Å². The van der Waals surface area contributed by atoms with Crippen molar-refractivity contribution in [3.8, 4) is 0 Å². The minimum absolute atomic E-state index is 0.0259. The van der Waals surface area contributed by atoms with Crippen LogP contribution in [0.3, 0.4) is 0 Å². The molecule has 0 saturated carbocycles. The Morgan fingerprint density at radius 2 is 2.05 bits per heavy atom. The Morgan fingerprint density at radius 3 is 2.53 bits per heavy atom. The van der Waals surface area contributed by atoms with Crippen LogP contribution in [0.4, 0.5) is 18.9 Å². The van der Waals surface area contributed by atoms with E-state index in [-0.39, 0.29) is 12.4 Å². The van der Waals surface area contributed by atoms with Crippen molar-refractivity contribution < 1.29 is 18.4 Å². The normalized spacial score (nSPS) is 12.6. The molecule has 0 fully saturated rings. The zero-order valence-electron chi connectivity index (χ0n) is 10.7. The van der Waals surface area contributed by atoms with Gasteiger partial charge in [0.05, 0.1) is 6.42 Å². The zero-order chi connectivity index (χ0) is 14.6. The Bertz CT molecular complexity index is 472. The summed E-state index contributed by atoms with van der Waals surface area (Å²) in [5.41, 5.74) is 7.40. The molecule has 0 aliphatic heterocycles. The van der Waals surface area contributed by atoms with Crippen molar-refractivity contribution in [2.45, 2.75) is 19.5 Å². The smallest absolute Gasteiger partial charge is 0.390 e. The van der Waals surface area contributed by atoms with Crippen molar-refractivity contribution in [2.75, 3.05) is 18.5 Å². The van der Waals surface area contributed by atoms with Crippen LogP contribution in [0.5, 0.6) is 0 Å². The van der Waals surface area contributed by atoms with Crippen LogP contribution in [-0.2, 0) is 0 Å². The number of amidine groups is 1. The molecule has 0 aliphatic rings. The SMILES string of the molecule is Cc1cc(N(C)CCC(F)(F)F)ccc1/C(N)=N/O. The molecule has 0 heterocycles. The number of aryl methyl sites for hydroxylation is 1. The Hall–Kier alpha value is -1.92. The van der Waals surface area contributed by atoms with E-state index in [9.17, 15) is 13.2 Å². The summed E-state index contributed by atoms with van der Waals surface area (Å²) in [6.07, 6.45) is -5.04. The van der Waals surface area contributed by atoms with Gasteiger partial charge in [0.25, 0.3) is 0 Å². The van der Waals surface area contributed by atoms with E-state index in [1.54, 1.807) is 32.2 Å². The summed E-state index contributed by atoms with van der Waals surface area (Å²) in [7, 11) is 1.59. The van der Waals surface area contributed by atoms with Crippen molar-refractivity contribution in [1.29, 1.82) is 0 Å². The summed E-state index contributed by atoms with van der Waals surface area (Å²) in [6, 6.07) is 4.95. The van der Waals surface area contributed by atoms with Gasteiger partial charge in [-0.1, -0.05) is 5.16 Å². The molecule has 0 atom stereocenters. The first-order valence-corrected chi connectivity index (χ1v) is 5.61. The van der Waals surface area contributed by atoms with E-state index in [0.29, 0.717) is 11.3 Å². The number of benzene rings is 1. The van der Waals surface area contributed by atoms with Crippen molar-refractivity contribution in [3.63, 3.8) is 0 Å². The zero-order valence-corrected chi connectivity index (χ0v) is 10.7. The maximum Gasteiger partial charge on any atom is 0.390 e. The Balaban J connectivity index is 2.83. The third-order valence-corrected chi connectivity index (χ3v) is 2.77. The first-order valence-electron chi connectivity index (χ1n) is 5.61. The molecule has 0 amide bonds. The second-order valence-electron chi connectivity index (χ2n) is 4.27. The molecule has 106 valence electrons. The lowest BCUT2D eigenvalue weighted by molar-refractivity contribution is -0.132. The summed E-state index contributed by atoms with van der Waals surface area (Å²) in [5.74, 6) is -0.0259. The Morgan fingerprint density at radius 1 is 1.42 bits per heavy atom. The maximum absolute atomic E-state index is 12.1. The monoisotopic (exact) mass is 275 g/mol. The lowest BCUT2D eigenvalue weighted by atomic mass is 10.1. The fourth-order valence-corrected chi connectivity index (χ4v) is 1.65. The highest BCUT2D eigenvalue weighted by molar-refractivity contribution is 5.98. The van der Waals surface area contributed by atoms with E-state index < -0.39 is 12.6 Å². The lowest BCUT2D eigenvalue weighted by Gasteiger charge is -2.21. The molecule has 0 bridgehead atoms. The van der Waals surface area contributed by atoms with Gasteiger partial charge in [-0.05, 0) is 30.7 Å². The highest BCUT2D eigenvalue weighted by Crippen LogP contribution is 2.23. The third-order valence-electron chi connectivity index (χ3n) is 2.77. The van der Waals surface area contributed by atoms with E-state index in [2.05, 4.69) is 5.16 Å². The minimum atomic E-state index is -4.17. The lowest BCUT2D eigenvalue weighted by Crippen LogP contribution is -2.24. The van der Waals surface area contributed by atoms with Gasteiger partial charge in [-0.15, -0.1) is 0 Å². The average molecular weight is 275 g/mol. The third kappa shape index (κ3) is 4.35. The summed E-state index contributed by atoms with van der Waals surface area (Å²) in [4.78, 5) is 1.51. The molecule has 4 nitrogen and oxygen atoms in total. The Kier molecular flexibility index (Phi) is 4.63. The molecule has 0 spiro atoms. The number of alkyl halides is 3. The van der Waals surface area contributed by atoms with E-state index in [1.807, 2.05) is 0 Å². The molecule has 7 heteroatoms. The van der Waals surface area contributed by atoms with Crippen LogP contribution in [0.25, 0.3) is 0 Å². The predicted molar refractivity (Wildman–Crippen MR) is 67.6 cm³/mol. The van der Waals surface area contributed by atoms with Crippen LogP contribution < -0.4 is 10.6 Å². The van der Waals surface area contributed by atoms with Gasteiger partial charge >= 0.3 is 6.18 Å². The number of nitrogens with zero attached hydrogens (tertiary/aromatic N) is 2. The van der Waals surface area contributed by atoms with Crippen LogP contribution in [0.2, 0.25) is 0 Å². The minimum Gasteiger partial charge on any atom is -0.409 e. The van der Waals surface area contributed by atoms with Crippen molar-refractivity contribution in [3.05, 3.63) is 29.3 Å². The molecule has 0 unspecified atom stereocenters. The van der Waals surface area contributed by atoms with Gasteiger partial charge < -0.3 is 15.8 Å². The Labute approximate surface area is 109 Å². The summed E-state index contributed by atoms with van der Waals surface area (Å²) >= 11 is 0. The topological polar surface area (TPSA) is 61.8 Å². The van der Waals surface area contributed by atoms with Crippen molar-refractivity contribution >= 4 is 11.5 Å². The van der Waals surface area contributed by atoms with Gasteiger partial charge in [0.15, 0.2) is 5.84 Å². The number of hydrogen-bond acceptors (Lipinski definition) is 3. The summed E-state index contributed by atoms with van der Waals surface area (Å²) in [5, 5.41) is 11.5. The molecule has 19 heavy (non-hydrogen) atoms. The van der Waals surface area contributed by atoms with Crippen LogP contribution in [0.1, 0.15) is 17.5 Å². The number of halogens is 3. The van der Waals surface area contributed by atoms with Crippen LogP contribution in [0, 0.1) is 6.92 Å². The predicted octanol–water partition coefficient (Wildman–Crippen LogP) is 2.48. The van der Waals surface area contributed by atoms with E-state index >= 15 is 0 Å². The number of oxime groups is 1. The van der Waals surface area contributed by atoms with E-state index in [4.69, 9.17) is 10.9 Å². The molecule has 0 radical (unpaired) electrons. The highest BCUT2D eigenvalue weighted by Gasteiger charge is 2.27. The van der Waals surface area contributed by atoms with Gasteiger partial charge in [0, 0.05) is 24.8 Å². The molecule has 0 saturated heterocycles. The summed E-state index contributed by atoms with van der Waals surface area (Å²) < 4.78 is 36.4. The molecular formula is C12H16F3N3O. The van der Waals surface area contributed by atoms with Gasteiger partial charge in [0.1, 0.15) is 0 Å². The molecule has 1 aromatic carbocycles. The summed E-state index contributed by atoms with van der Waals surface area (Å²) in [6.45, 7) is 1.63. The number of anilines is 1. The maximum atomic E-state index is 12.1. The largest absolute Gasteiger partial charge is 0.409 e. The molecule has 0 aliphatic carbocycles. The van der Waals surface area contributed by atoms with Crippen molar-refractivity contribution in [2.24, 2.45) is 10.9 Å². The van der Waals surface area contributed by atoms with Crippen LogP contribution in [-0.4, -0.2) is 30.8 Å². The molecular weight excluding hydrogens is 259 g/mol. The fraction of sp³-hybridized carbons (Fsp3) is 0.417. The molecule has 3 N–H and O–H groups in total. The number of hydrogen-bond donors (Lipinski definition) is 2. The molecule has 1 rings (SSSR count). The van der Waals surface area contributed by atoms with Crippen LogP contribution in [0.15, 0.2) is 23.4 Å².